The van der Waals surface area contributed by atoms with E-state index in [9.17, 15) is 4.79 Å². The Kier molecular flexibility index (Phi) is 4.23. The Bertz CT molecular complexity index is 715. The molecule has 1 aromatic heterocycles. The summed E-state index contributed by atoms with van der Waals surface area (Å²) >= 11 is 3.43. The molecular formula is C16H20BrN3O3. The molecule has 1 amide bonds. The molecule has 0 radical (unpaired) electrons. The van der Waals surface area contributed by atoms with E-state index in [0.29, 0.717) is 32.2 Å². The lowest BCUT2D eigenvalue weighted by Gasteiger charge is -2.34. The molecule has 3 rings (SSSR count). The van der Waals surface area contributed by atoms with Crippen LogP contribution in [0.4, 0.5) is 10.8 Å². The predicted octanol–water partition coefficient (Wildman–Crippen LogP) is 3.65. The first kappa shape index (κ1) is 16.1. The van der Waals surface area contributed by atoms with Gasteiger partial charge >= 0.3 is 6.09 Å². The maximum absolute atomic E-state index is 12.1. The first-order chi connectivity index (χ1) is 10.8. The van der Waals surface area contributed by atoms with Crippen molar-refractivity contribution in [3.8, 4) is 0 Å². The molecule has 0 N–H and O–H groups in total. The van der Waals surface area contributed by atoms with E-state index in [2.05, 4.69) is 25.8 Å². The predicted molar refractivity (Wildman–Crippen MR) is 91.7 cm³/mol. The van der Waals surface area contributed by atoms with Crippen LogP contribution in [0, 0.1) is 0 Å². The highest BCUT2D eigenvalue weighted by atomic mass is 79.9. The fraction of sp³-hybridized carbons (Fsp3) is 0.500. The molecule has 1 aliphatic rings. The first-order valence-corrected chi connectivity index (χ1v) is 8.40. The number of nitrogens with zero attached hydrogens (tertiary/aromatic N) is 3. The van der Waals surface area contributed by atoms with Crippen LogP contribution in [0.1, 0.15) is 20.8 Å². The number of piperazine rings is 1. The highest BCUT2D eigenvalue weighted by molar-refractivity contribution is 9.10. The van der Waals surface area contributed by atoms with Gasteiger partial charge in [-0.15, -0.1) is 0 Å². The van der Waals surface area contributed by atoms with Crippen molar-refractivity contribution in [3.63, 3.8) is 0 Å². The van der Waals surface area contributed by atoms with Gasteiger partial charge in [-0.3, -0.25) is 0 Å². The van der Waals surface area contributed by atoms with Crippen molar-refractivity contribution in [2.45, 2.75) is 26.4 Å². The molecule has 1 aromatic carbocycles. The second kappa shape index (κ2) is 6.03. The molecule has 1 fully saturated rings. The number of fused-ring (bicyclic) bond motifs is 1. The van der Waals surface area contributed by atoms with Gasteiger partial charge in [0, 0.05) is 30.7 Å². The highest BCUT2D eigenvalue weighted by Gasteiger charge is 2.27. The Morgan fingerprint density at radius 3 is 2.61 bits per heavy atom. The van der Waals surface area contributed by atoms with Gasteiger partial charge in [0.2, 0.25) is 0 Å². The van der Waals surface area contributed by atoms with E-state index in [0.717, 1.165) is 15.6 Å². The maximum atomic E-state index is 12.1. The topological polar surface area (TPSA) is 58.8 Å². The Morgan fingerprint density at radius 1 is 1.26 bits per heavy atom. The molecule has 7 heteroatoms. The summed E-state index contributed by atoms with van der Waals surface area (Å²) in [6.45, 7) is 8.15. The Labute approximate surface area is 143 Å². The summed E-state index contributed by atoms with van der Waals surface area (Å²) in [6.07, 6.45) is -0.265. The van der Waals surface area contributed by atoms with Crippen LogP contribution in [0.3, 0.4) is 0 Å². The van der Waals surface area contributed by atoms with Gasteiger partial charge in [-0.25, -0.2) is 4.79 Å². The average Bonchev–Trinajstić information content (AvgIpc) is 2.88. The Hall–Kier alpha value is -1.76. The Balaban J connectivity index is 1.65. The zero-order valence-electron chi connectivity index (χ0n) is 13.5. The normalized spacial score (nSPS) is 16.0. The molecule has 2 heterocycles. The van der Waals surface area contributed by atoms with Crippen LogP contribution in [-0.4, -0.2) is 47.8 Å². The first-order valence-electron chi connectivity index (χ1n) is 7.61. The smallest absolute Gasteiger partial charge is 0.410 e. The molecule has 1 aliphatic heterocycles. The molecule has 0 bridgehead atoms. The van der Waals surface area contributed by atoms with Crippen LogP contribution in [0.25, 0.3) is 11.1 Å². The molecule has 0 unspecified atom stereocenters. The van der Waals surface area contributed by atoms with E-state index in [-0.39, 0.29) is 6.09 Å². The fourth-order valence-electron chi connectivity index (χ4n) is 2.43. The number of anilines is 1. The summed E-state index contributed by atoms with van der Waals surface area (Å²) in [7, 11) is 0. The number of halogens is 1. The number of rotatable bonds is 1. The summed E-state index contributed by atoms with van der Waals surface area (Å²) in [4.78, 5) is 20.4. The number of hydrogen-bond donors (Lipinski definition) is 0. The van der Waals surface area contributed by atoms with Gasteiger partial charge in [-0.2, -0.15) is 4.98 Å². The molecule has 23 heavy (non-hydrogen) atoms. The molecule has 0 aliphatic carbocycles. The maximum Gasteiger partial charge on any atom is 0.410 e. The lowest BCUT2D eigenvalue weighted by atomic mass is 10.2. The molecule has 6 nitrogen and oxygen atoms in total. The van der Waals surface area contributed by atoms with E-state index < -0.39 is 5.60 Å². The summed E-state index contributed by atoms with van der Waals surface area (Å²) < 4.78 is 12.2. The Morgan fingerprint density at radius 2 is 1.96 bits per heavy atom. The van der Waals surface area contributed by atoms with Crippen LogP contribution < -0.4 is 4.90 Å². The van der Waals surface area contributed by atoms with Crippen LogP contribution >= 0.6 is 15.9 Å². The number of carbonyl (C=O) groups is 1. The van der Waals surface area contributed by atoms with E-state index >= 15 is 0 Å². The molecule has 1 saturated heterocycles. The standard InChI is InChI=1S/C16H20BrN3O3/c1-16(2,3)23-15(21)20-8-6-19(7-9-20)14-18-12-5-4-11(17)10-13(12)22-14/h4-5,10H,6-9H2,1-3H3. The monoisotopic (exact) mass is 381 g/mol. The van der Waals surface area contributed by atoms with Crippen molar-refractivity contribution in [1.29, 1.82) is 0 Å². The zero-order valence-corrected chi connectivity index (χ0v) is 15.1. The second-order valence-corrected chi connectivity index (χ2v) is 7.48. The van der Waals surface area contributed by atoms with Gasteiger partial charge < -0.3 is 19.0 Å². The van der Waals surface area contributed by atoms with Crippen LogP contribution in [0.15, 0.2) is 27.1 Å². The lowest BCUT2D eigenvalue weighted by molar-refractivity contribution is 0.0239. The highest BCUT2D eigenvalue weighted by Crippen LogP contribution is 2.25. The van der Waals surface area contributed by atoms with Gasteiger partial charge in [0.1, 0.15) is 11.1 Å². The van der Waals surface area contributed by atoms with E-state index in [1.807, 2.05) is 39.0 Å². The average molecular weight is 382 g/mol. The number of amides is 1. The van der Waals surface area contributed by atoms with Gasteiger partial charge in [-0.1, -0.05) is 15.9 Å². The third-order valence-electron chi connectivity index (χ3n) is 3.54. The SMILES string of the molecule is CC(C)(C)OC(=O)N1CCN(c2nc3ccc(Br)cc3o2)CC1. The number of benzene rings is 1. The summed E-state index contributed by atoms with van der Waals surface area (Å²) in [5.41, 5.74) is 1.11. The van der Waals surface area contributed by atoms with Crippen LogP contribution in [-0.2, 0) is 4.74 Å². The zero-order chi connectivity index (χ0) is 16.6. The van der Waals surface area contributed by atoms with E-state index in [1.54, 1.807) is 4.90 Å². The van der Waals surface area contributed by atoms with Crippen molar-refractivity contribution < 1.29 is 13.9 Å². The third-order valence-corrected chi connectivity index (χ3v) is 4.03. The number of hydrogen-bond acceptors (Lipinski definition) is 5. The van der Waals surface area contributed by atoms with Gasteiger partial charge in [0.25, 0.3) is 6.01 Å². The molecule has 124 valence electrons. The number of carbonyl (C=O) groups excluding carboxylic acids is 1. The van der Waals surface area contributed by atoms with Crippen LogP contribution in [0.5, 0.6) is 0 Å². The summed E-state index contributed by atoms with van der Waals surface area (Å²) in [5.74, 6) is 0. The molecular weight excluding hydrogens is 362 g/mol. The second-order valence-electron chi connectivity index (χ2n) is 6.56. The van der Waals surface area contributed by atoms with E-state index in [4.69, 9.17) is 9.15 Å². The van der Waals surface area contributed by atoms with Crippen molar-refractivity contribution >= 4 is 39.1 Å². The van der Waals surface area contributed by atoms with Gasteiger partial charge in [0.05, 0.1) is 0 Å². The largest absolute Gasteiger partial charge is 0.444 e. The summed E-state index contributed by atoms with van der Waals surface area (Å²) in [6, 6.07) is 6.36. The molecule has 0 atom stereocenters. The number of aromatic nitrogens is 1. The minimum absolute atomic E-state index is 0.265. The van der Waals surface area contributed by atoms with Crippen molar-refractivity contribution in [3.05, 3.63) is 22.7 Å². The molecule has 0 saturated carbocycles. The van der Waals surface area contributed by atoms with Gasteiger partial charge in [-0.05, 0) is 39.0 Å². The quantitative estimate of drug-likeness (QED) is 0.754. The molecule has 2 aromatic rings. The number of ether oxygens (including phenoxy) is 1. The van der Waals surface area contributed by atoms with Crippen molar-refractivity contribution in [2.24, 2.45) is 0 Å². The fourth-order valence-corrected chi connectivity index (χ4v) is 2.77. The summed E-state index contributed by atoms with van der Waals surface area (Å²) in [5, 5.41) is 0. The third kappa shape index (κ3) is 3.77. The van der Waals surface area contributed by atoms with E-state index in [1.165, 1.54) is 0 Å². The van der Waals surface area contributed by atoms with Crippen molar-refractivity contribution in [2.75, 3.05) is 31.1 Å². The molecule has 0 spiro atoms. The van der Waals surface area contributed by atoms with Gasteiger partial charge in [0.15, 0.2) is 5.58 Å². The number of oxazole rings is 1. The van der Waals surface area contributed by atoms with Crippen molar-refractivity contribution in [1.82, 2.24) is 9.88 Å². The lowest BCUT2D eigenvalue weighted by Crippen LogP contribution is -2.50. The minimum atomic E-state index is -0.470. The minimum Gasteiger partial charge on any atom is -0.444 e. The van der Waals surface area contributed by atoms with Crippen LogP contribution in [0.2, 0.25) is 0 Å².